The van der Waals surface area contributed by atoms with E-state index >= 15 is 0 Å². The second kappa shape index (κ2) is 6.75. The van der Waals surface area contributed by atoms with Crippen molar-refractivity contribution in [3.8, 4) is 11.3 Å². The Kier molecular flexibility index (Phi) is 4.69. The zero-order chi connectivity index (χ0) is 17.3. The molecule has 0 saturated heterocycles. The summed E-state index contributed by atoms with van der Waals surface area (Å²) < 4.78 is 15.7. The maximum atomic E-state index is 14.0. The van der Waals surface area contributed by atoms with Crippen molar-refractivity contribution in [1.29, 1.82) is 0 Å². The quantitative estimate of drug-likeness (QED) is 0.491. The van der Waals surface area contributed by atoms with Gasteiger partial charge in [-0.1, -0.05) is 29.8 Å². The van der Waals surface area contributed by atoms with Crippen LogP contribution < -0.4 is 0 Å². The molecule has 0 spiro atoms. The van der Waals surface area contributed by atoms with Crippen molar-refractivity contribution in [1.82, 2.24) is 9.78 Å². The summed E-state index contributed by atoms with van der Waals surface area (Å²) in [6.45, 7) is 0. The molecule has 3 nitrogen and oxygen atoms in total. The number of ketones is 1. The minimum Gasteiger partial charge on any atom is -0.288 e. The van der Waals surface area contributed by atoms with Crippen LogP contribution in [0.5, 0.6) is 0 Å². The lowest BCUT2D eigenvalue weighted by atomic mass is 9.95. The fourth-order valence-electron chi connectivity index (χ4n) is 2.63. The summed E-state index contributed by atoms with van der Waals surface area (Å²) in [6, 6.07) is 10.8. The number of halogens is 3. The molecule has 0 unspecified atom stereocenters. The molecule has 3 aromatic rings. The summed E-state index contributed by atoms with van der Waals surface area (Å²) in [5.41, 5.74) is 2.41. The van der Waals surface area contributed by atoms with Gasteiger partial charge in [0.25, 0.3) is 0 Å². The molecule has 0 aliphatic carbocycles. The minimum absolute atomic E-state index is 0.00407. The Morgan fingerprint density at radius 2 is 1.96 bits per heavy atom. The highest BCUT2D eigenvalue weighted by Gasteiger charge is 2.21. The fourth-order valence-corrected chi connectivity index (χ4v) is 3.00. The van der Waals surface area contributed by atoms with Gasteiger partial charge in [0.15, 0.2) is 5.78 Å². The second-order valence-corrected chi connectivity index (χ2v) is 5.98. The predicted molar refractivity (Wildman–Crippen MR) is 93.0 cm³/mol. The Labute approximate surface area is 148 Å². The highest BCUT2D eigenvalue weighted by atomic mass is 35.5. The standard InChI is InChI=1S/C18H13Cl2FN2O/c1-23-17(11(9-19)10-22-23)13-7-6-12(20)8-15(13)18(24)14-4-2-3-5-16(14)21/h2-8,10H,9H2,1H3. The first-order chi connectivity index (χ1) is 11.5. The molecule has 6 heteroatoms. The van der Waals surface area contributed by atoms with E-state index in [1.54, 1.807) is 36.1 Å². The van der Waals surface area contributed by atoms with Crippen LogP contribution in [0, 0.1) is 5.82 Å². The number of rotatable bonds is 4. The Morgan fingerprint density at radius 3 is 2.67 bits per heavy atom. The van der Waals surface area contributed by atoms with E-state index in [1.165, 1.54) is 24.3 Å². The number of hydrogen-bond donors (Lipinski definition) is 0. The number of alkyl halides is 1. The molecule has 0 bridgehead atoms. The van der Waals surface area contributed by atoms with Crippen LogP contribution in [-0.2, 0) is 12.9 Å². The molecule has 24 heavy (non-hydrogen) atoms. The molecular formula is C18H13Cl2FN2O. The lowest BCUT2D eigenvalue weighted by Gasteiger charge is -2.12. The fraction of sp³-hybridized carbons (Fsp3) is 0.111. The predicted octanol–water partition coefficient (Wildman–Crippen LogP) is 4.85. The van der Waals surface area contributed by atoms with Crippen molar-refractivity contribution < 1.29 is 9.18 Å². The average molecular weight is 363 g/mol. The molecule has 0 saturated carbocycles. The highest BCUT2D eigenvalue weighted by molar-refractivity contribution is 6.31. The van der Waals surface area contributed by atoms with E-state index in [1.807, 2.05) is 0 Å². The lowest BCUT2D eigenvalue weighted by molar-refractivity contribution is 0.103. The van der Waals surface area contributed by atoms with Crippen LogP contribution >= 0.6 is 23.2 Å². The molecule has 1 aromatic heterocycles. The number of aryl methyl sites for hydroxylation is 1. The van der Waals surface area contributed by atoms with E-state index in [0.717, 1.165) is 5.56 Å². The van der Waals surface area contributed by atoms with E-state index in [-0.39, 0.29) is 11.4 Å². The summed E-state index contributed by atoms with van der Waals surface area (Å²) in [6.07, 6.45) is 1.65. The molecule has 0 amide bonds. The number of nitrogens with zero attached hydrogens (tertiary/aromatic N) is 2. The van der Waals surface area contributed by atoms with Gasteiger partial charge >= 0.3 is 0 Å². The number of carbonyl (C=O) groups excluding carboxylic acids is 1. The molecule has 3 rings (SSSR count). The van der Waals surface area contributed by atoms with Crippen molar-refractivity contribution in [2.45, 2.75) is 5.88 Å². The molecule has 0 aliphatic rings. The van der Waals surface area contributed by atoms with Gasteiger partial charge in [0.2, 0.25) is 0 Å². The number of carbonyl (C=O) groups is 1. The van der Waals surface area contributed by atoms with E-state index in [9.17, 15) is 9.18 Å². The molecule has 0 radical (unpaired) electrons. The van der Waals surface area contributed by atoms with Gasteiger partial charge in [-0.25, -0.2) is 4.39 Å². The maximum absolute atomic E-state index is 14.0. The maximum Gasteiger partial charge on any atom is 0.196 e. The van der Waals surface area contributed by atoms with Crippen LogP contribution in [0.2, 0.25) is 5.02 Å². The summed E-state index contributed by atoms with van der Waals surface area (Å²) in [7, 11) is 1.76. The summed E-state index contributed by atoms with van der Waals surface area (Å²) in [5, 5.41) is 4.59. The zero-order valence-electron chi connectivity index (χ0n) is 12.8. The summed E-state index contributed by atoms with van der Waals surface area (Å²) in [5.74, 6) is -0.762. The van der Waals surface area contributed by atoms with Crippen molar-refractivity contribution in [3.63, 3.8) is 0 Å². The largest absolute Gasteiger partial charge is 0.288 e. The normalized spacial score (nSPS) is 10.8. The van der Waals surface area contributed by atoms with Crippen LogP contribution in [0.1, 0.15) is 21.5 Å². The van der Waals surface area contributed by atoms with Crippen LogP contribution in [0.25, 0.3) is 11.3 Å². The van der Waals surface area contributed by atoms with Crippen LogP contribution in [0.15, 0.2) is 48.7 Å². The van der Waals surface area contributed by atoms with Gasteiger partial charge in [0, 0.05) is 28.8 Å². The SMILES string of the molecule is Cn1ncc(CCl)c1-c1ccc(Cl)cc1C(=O)c1ccccc1F. The first kappa shape index (κ1) is 16.7. The van der Waals surface area contributed by atoms with Crippen molar-refractivity contribution in [2.24, 2.45) is 7.05 Å². The number of aromatic nitrogens is 2. The molecule has 0 N–H and O–H groups in total. The smallest absolute Gasteiger partial charge is 0.196 e. The first-order valence-corrected chi connectivity index (χ1v) is 8.10. The minimum atomic E-state index is -0.573. The number of benzene rings is 2. The van der Waals surface area contributed by atoms with Gasteiger partial charge in [-0.05, 0) is 24.3 Å². The molecule has 1 heterocycles. The second-order valence-electron chi connectivity index (χ2n) is 5.27. The highest BCUT2D eigenvalue weighted by Crippen LogP contribution is 2.31. The van der Waals surface area contributed by atoms with Gasteiger partial charge in [-0.15, -0.1) is 11.6 Å². The van der Waals surface area contributed by atoms with E-state index in [4.69, 9.17) is 23.2 Å². The van der Waals surface area contributed by atoms with Crippen LogP contribution in [0.4, 0.5) is 4.39 Å². The van der Waals surface area contributed by atoms with Gasteiger partial charge in [-0.3, -0.25) is 9.48 Å². The molecule has 0 fully saturated rings. The van der Waals surface area contributed by atoms with Crippen molar-refractivity contribution >= 4 is 29.0 Å². The monoisotopic (exact) mass is 362 g/mol. The molecule has 0 aliphatic heterocycles. The van der Waals surface area contributed by atoms with Gasteiger partial charge in [0.05, 0.1) is 23.3 Å². The Hall–Kier alpha value is -2.17. The Balaban J connectivity index is 2.22. The third-order valence-electron chi connectivity index (χ3n) is 3.76. The summed E-state index contributed by atoms with van der Waals surface area (Å²) >= 11 is 12.0. The van der Waals surface area contributed by atoms with Gasteiger partial charge in [0.1, 0.15) is 5.82 Å². The molecule has 122 valence electrons. The summed E-state index contributed by atoms with van der Waals surface area (Å²) in [4.78, 5) is 12.9. The van der Waals surface area contributed by atoms with E-state index in [2.05, 4.69) is 5.10 Å². The van der Waals surface area contributed by atoms with Gasteiger partial charge < -0.3 is 0 Å². The zero-order valence-corrected chi connectivity index (χ0v) is 14.3. The number of hydrogen-bond acceptors (Lipinski definition) is 2. The third kappa shape index (κ3) is 2.95. The van der Waals surface area contributed by atoms with E-state index < -0.39 is 11.6 Å². The van der Waals surface area contributed by atoms with Gasteiger partial charge in [-0.2, -0.15) is 5.10 Å². The first-order valence-electron chi connectivity index (χ1n) is 7.19. The van der Waals surface area contributed by atoms with Crippen molar-refractivity contribution in [2.75, 3.05) is 0 Å². The lowest BCUT2D eigenvalue weighted by Crippen LogP contribution is -2.08. The van der Waals surface area contributed by atoms with E-state index in [0.29, 0.717) is 21.8 Å². The topological polar surface area (TPSA) is 34.9 Å². The third-order valence-corrected chi connectivity index (χ3v) is 4.28. The Bertz CT molecular complexity index is 921. The Morgan fingerprint density at radius 1 is 1.21 bits per heavy atom. The van der Waals surface area contributed by atoms with Crippen molar-refractivity contribution in [3.05, 3.63) is 76.2 Å². The molecule has 2 aromatic carbocycles. The molecule has 0 atom stereocenters. The van der Waals surface area contributed by atoms with Crippen LogP contribution in [0.3, 0.4) is 0 Å². The van der Waals surface area contributed by atoms with Crippen LogP contribution in [-0.4, -0.2) is 15.6 Å². The molecular weight excluding hydrogens is 350 g/mol. The average Bonchev–Trinajstić information content (AvgIpc) is 2.95.